The second kappa shape index (κ2) is 2.90. The van der Waals surface area contributed by atoms with Crippen molar-refractivity contribution < 1.29 is 15.0 Å². The van der Waals surface area contributed by atoms with Crippen molar-refractivity contribution in [2.75, 3.05) is 0 Å². The van der Waals surface area contributed by atoms with E-state index in [1.807, 2.05) is 6.92 Å². The summed E-state index contributed by atoms with van der Waals surface area (Å²) >= 11 is 1.10. The third-order valence-electron chi connectivity index (χ3n) is 1.50. The molecule has 0 aromatic carbocycles. The molecule has 0 spiro atoms. The van der Waals surface area contributed by atoms with E-state index in [9.17, 15) is 4.79 Å². The molecule has 1 aliphatic rings. The number of hydrogen-bond acceptors (Lipinski definition) is 4. The van der Waals surface area contributed by atoms with Gasteiger partial charge in [0.15, 0.2) is 0 Å². The summed E-state index contributed by atoms with van der Waals surface area (Å²) in [6.45, 7) is 1.86. The lowest BCUT2D eigenvalue weighted by Gasteiger charge is -2.25. The van der Waals surface area contributed by atoms with Gasteiger partial charge in [-0.3, -0.25) is 4.79 Å². The van der Waals surface area contributed by atoms with Crippen molar-refractivity contribution in [3.63, 3.8) is 0 Å². The van der Waals surface area contributed by atoms with Crippen LogP contribution < -0.4 is 0 Å². The topological polar surface area (TPSA) is 57.5 Å². The molecule has 0 amide bonds. The van der Waals surface area contributed by atoms with E-state index in [1.54, 1.807) is 0 Å². The zero-order valence-corrected chi connectivity index (χ0v) is 6.47. The van der Waals surface area contributed by atoms with Crippen molar-refractivity contribution in [3.05, 3.63) is 0 Å². The Bertz CT molecular complexity index is 148. The van der Waals surface area contributed by atoms with Gasteiger partial charge in [-0.15, -0.1) is 0 Å². The van der Waals surface area contributed by atoms with Gasteiger partial charge in [-0.05, 0) is 6.42 Å². The van der Waals surface area contributed by atoms with E-state index in [0.29, 0.717) is 6.42 Å². The summed E-state index contributed by atoms with van der Waals surface area (Å²) in [6.07, 6.45) is -1.53. The fraction of sp³-hybridized carbons (Fsp3) is 0.833. The van der Waals surface area contributed by atoms with Gasteiger partial charge in [-0.25, -0.2) is 0 Å². The number of hydrogen-bond donors (Lipinski definition) is 2. The molecule has 3 atom stereocenters. The molecule has 4 heteroatoms. The van der Waals surface area contributed by atoms with Gasteiger partial charge in [-0.2, -0.15) is 0 Å². The maximum Gasteiger partial charge on any atom is 0.220 e. The predicted molar refractivity (Wildman–Crippen MR) is 38.7 cm³/mol. The van der Waals surface area contributed by atoms with Crippen molar-refractivity contribution in [2.24, 2.45) is 0 Å². The second-order valence-electron chi connectivity index (χ2n) is 2.50. The molecule has 1 rings (SSSR count). The Morgan fingerprint density at radius 2 is 2.20 bits per heavy atom. The van der Waals surface area contributed by atoms with Crippen LogP contribution in [0.5, 0.6) is 0 Å². The first-order valence-corrected chi connectivity index (χ1v) is 4.06. The molecule has 0 saturated carbocycles. The molecule has 58 valence electrons. The molecule has 1 heterocycles. The van der Waals surface area contributed by atoms with Crippen LogP contribution in [0.1, 0.15) is 13.3 Å². The van der Waals surface area contributed by atoms with Gasteiger partial charge in [0, 0.05) is 5.25 Å². The van der Waals surface area contributed by atoms with Crippen molar-refractivity contribution in [2.45, 2.75) is 30.8 Å². The van der Waals surface area contributed by atoms with Crippen LogP contribution in [-0.4, -0.2) is 32.8 Å². The monoisotopic (exact) mass is 162 g/mol. The summed E-state index contributed by atoms with van der Waals surface area (Å²) < 4.78 is 0. The van der Waals surface area contributed by atoms with Crippen LogP contribution >= 0.6 is 11.8 Å². The highest BCUT2D eigenvalue weighted by molar-refractivity contribution is 8.14. The highest BCUT2D eigenvalue weighted by atomic mass is 32.2. The Hall–Kier alpha value is -0.0600. The summed E-state index contributed by atoms with van der Waals surface area (Å²) in [5.41, 5.74) is 0. The zero-order valence-electron chi connectivity index (χ0n) is 5.65. The summed E-state index contributed by atoms with van der Waals surface area (Å²) in [5, 5.41) is 17.8. The Balaban J connectivity index is 2.57. The molecular formula is C6H10O3S. The molecule has 0 aliphatic carbocycles. The molecule has 1 saturated heterocycles. The first-order valence-electron chi connectivity index (χ1n) is 3.18. The van der Waals surface area contributed by atoms with Gasteiger partial charge in [0.2, 0.25) is 5.12 Å². The number of carbonyl (C=O) groups excluding carboxylic acids is 1. The highest BCUT2D eigenvalue weighted by Crippen LogP contribution is 2.26. The van der Waals surface area contributed by atoms with E-state index < -0.39 is 12.2 Å². The number of thioether (sulfide) groups is 1. The van der Waals surface area contributed by atoms with Gasteiger partial charge in [0.25, 0.3) is 0 Å². The molecule has 10 heavy (non-hydrogen) atoms. The van der Waals surface area contributed by atoms with E-state index in [1.165, 1.54) is 0 Å². The van der Waals surface area contributed by atoms with E-state index >= 15 is 0 Å². The molecule has 0 aromatic rings. The Morgan fingerprint density at radius 1 is 1.60 bits per heavy atom. The zero-order chi connectivity index (χ0) is 7.72. The number of aliphatic hydroxyl groups excluding tert-OH is 2. The van der Waals surface area contributed by atoms with Gasteiger partial charge in [0.05, 0.1) is 6.10 Å². The number of carbonyl (C=O) groups is 1. The summed E-state index contributed by atoms with van der Waals surface area (Å²) in [6, 6.07) is 0. The summed E-state index contributed by atoms with van der Waals surface area (Å²) in [5.74, 6) is 0. The standard InChI is InChI=1S/C6H10O3S/c1-3-2-4(7)5(8)6(9)10-3/h3-5,7-8H,2H2,1H3. The third-order valence-corrected chi connectivity index (χ3v) is 2.57. The van der Waals surface area contributed by atoms with Crippen LogP contribution in [0, 0.1) is 0 Å². The van der Waals surface area contributed by atoms with Crippen LogP contribution in [0.15, 0.2) is 0 Å². The SMILES string of the molecule is CC1CC(O)C(O)C(=O)S1. The van der Waals surface area contributed by atoms with Crippen LogP contribution in [0.4, 0.5) is 0 Å². The molecular weight excluding hydrogens is 152 g/mol. The average molecular weight is 162 g/mol. The van der Waals surface area contributed by atoms with Crippen LogP contribution in [0.2, 0.25) is 0 Å². The lowest BCUT2D eigenvalue weighted by Crippen LogP contribution is -2.39. The minimum absolute atomic E-state index is 0.130. The smallest absolute Gasteiger partial charge is 0.220 e. The fourth-order valence-corrected chi connectivity index (χ4v) is 1.93. The van der Waals surface area contributed by atoms with Crippen LogP contribution in [0.25, 0.3) is 0 Å². The lowest BCUT2D eigenvalue weighted by molar-refractivity contribution is -0.124. The average Bonchev–Trinajstić information content (AvgIpc) is 1.82. The van der Waals surface area contributed by atoms with Gasteiger partial charge < -0.3 is 10.2 Å². The first kappa shape index (κ1) is 8.04. The minimum Gasteiger partial charge on any atom is -0.390 e. The van der Waals surface area contributed by atoms with Crippen molar-refractivity contribution in [3.8, 4) is 0 Å². The number of rotatable bonds is 0. The first-order chi connectivity index (χ1) is 4.61. The molecule has 0 bridgehead atoms. The van der Waals surface area contributed by atoms with Crippen LogP contribution in [0.3, 0.4) is 0 Å². The van der Waals surface area contributed by atoms with Gasteiger partial charge >= 0.3 is 0 Å². The Morgan fingerprint density at radius 3 is 2.70 bits per heavy atom. The minimum atomic E-state index is -1.17. The van der Waals surface area contributed by atoms with Crippen molar-refractivity contribution in [1.82, 2.24) is 0 Å². The lowest BCUT2D eigenvalue weighted by atomic mass is 10.1. The van der Waals surface area contributed by atoms with Crippen molar-refractivity contribution >= 4 is 16.9 Å². The molecule has 0 aromatic heterocycles. The van der Waals surface area contributed by atoms with Crippen LogP contribution in [-0.2, 0) is 4.79 Å². The molecule has 1 aliphatic heterocycles. The summed E-state index contributed by atoms with van der Waals surface area (Å²) in [4.78, 5) is 10.8. The fourth-order valence-electron chi connectivity index (χ4n) is 0.942. The molecule has 1 fully saturated rings. The predicted octanol–water partition coefficient (Wildman–Crippen LogP) is -0.240. The maximum atomic E-state index is 10.8. The third kappa shape index (κ3) is 1.51. The molecule has 2 N–H and O–H groups in total. The van der Waals surface area contributed by atoms with E-state index in [4.69, 9.17) is 10.2 Å². The van der Waals surface area contributed by atoms with Gasteiger partial charge in [0.1, 0.15) is 6.10 Å². The quantitative estimate of drug-likeness (QED) is 0.516. The molecule has 3 unspecified atom stereocenters. The Kier molecular flexibility index (Phi) is 2.33. The van der Waals surface area contributed by atoms with E-state index in [2.05, 4.69) is 0 Å². The van der Waals surface area contributed by atoms with Gasteiger partial charge in [-0.1, -0.05) is 18.7 Å². The van der Waals surface area contributed by atoms with Crippen molar-refractivity contribution in [1.29, 1.82) is 0 Å². The second-order valence-corrected chi connectivity index (χ2v) is 3.94. The number of aliphatic hydroxyl groups is 2. The van der Waals surface area contributed by atoms with E-state index in [0.717, 1.165) is 11.8 Å². The highest BCUT2D eigenvalue weighted by Gasteiger charge is 2.32. The Labute approximate surface area is 63.4 Å². The van der Waals surface area contributed by atoms with E-state index in [-0.39, 0.29) is 10.4 Å². The normalized spacial score (nSPS) is 41.9. The molecule has 0 radical (unpaired) electrons. The maximum absolute atomic E-state index is 10.8. The summed E-state index contributed by atoms with van der Waals surface area (Å²) in [7, 11) is 0. The largest absolute Gasteiger partial charge is 0.390 e. The molecule has 3 nitrogen and oxygen atoms in total.